The molecule has 0 N–H and O–H groups in total. The number of carbonyl (C=O) groups is 1. The maximum atomic E-state index is 16.0. The number of hydrogen-bond acceptors (Lipinski definition) is 12. The first-order valence-electron chi connectivity index (χ1n) is 17.8. The molecular formula is C41H40F3N4O8PS. The van der Waals surface area contributed by atoms with Crippen LogP contribution >= 0.6 is 19.6 Å². The molecule has 12 nitrogen and oxygen atoms in total. The minimum Gasteiger partial charge on any atom is -0.447 e. The summed E-state index contributed by atoms with van der Waals surface area (Å²) in [7, 11) is -4.13. The fraction of sp³-hybridized carbons (Fsp3) is 0.268. The van der Waals surface area contributed by atoms with Crippen LogP contribution in [0, 0.1) is 28.8 Å². The van der Waals surface area contributed by atoms with Crippen LogP contribution in [-0.2, 0) is 51.1 Å². The third-order valence-electron chi connectivity index (χ3n) is 8.57. The molecule has 1 saturated heterocycles. The number of allylic oxidation sites excluding steroid dienone is 2. The third kappa shape index (κ3) is 11.7. The number of ether oxygens (including phenoxy) is 3. The monoisotopic (exact) mass is 836 g/mol. The number of benzene rings is 3. The number of carbonyl (C=O) groups excluding carboxylic acids is 1. The van der Waals surface area contributed by atoms with Gasteiger partial charge in [0.1, 0.15) is 30.1 Å². The molecule has 3 aromatic carbocycles. The molecule has 0 aliphatic carbocycles. The molecule has 2 heterocycles. The minimum absolute atomic E-state index is 0.000825. The van der Waals surface area contributed by atoms with E-state index in [1.165, 1.54) is 65.5 Å². The van der Waals surface area contributed by atoms with Gasteiger partial charge in [0, 0.05) is 22.4 Å². The molecule has 17 heteroatoms. The van der Waals surface area contributed by atoms with Crippen LogP contribution in [0.1, 0.15) is 39.5 Å². The van der Waals surface area contributed by atoms with Crippen molar-refractivity contribution in [1.82, 2.24) is 14.8 Å². The first-order valence-corrected chi connectivity index (χ1v) is 20.2. The second-order valence-corrected chi connectivity index (χ2v) is 15.9. The Morgan fingerprint density at radius 3 is 2.45 bits per heavy atom. The standard InChI is InChI=1S/C41H40F3N4O8PS/c1-4-18-53-57(50,54-19-5-2)55-23-32-11-6-8-12-35(32)40(49)56-41(26-48-28-46-27-47-48,36-17-16-33(42)21-38(36)44)29(3)58-34-24-51-39(52-25-34)13-9-7-10-31-15-14-30(22-45)20-37(31)43/h4-17,20-21,27-29,34,39H,1-2,18-19,23-26H2,3H3/t29-,34-,39-,41-/m1/s1. The van der Waals surface area contributed by atoms with Crippen molar-refractivity contribution in [3.8, 4) is 6.07 Å². The number of thioether (sulfide) groups is 1. The Labute approximate surface area is 338 Å². The van der Waals surface area contributed by atoms with Crippen LogP contribution in [0.25, 0.3) is 6.08 Å². The maximum absolute atomic E-state index is 16.0. The summed E-state index contributed by atoms with van der Waals surface area (Å²) in [5.41, 5.74) is -1.21. The zero-order valence-corrected chi connectivity index (χ0v) is 33.0. The van der Waals surface area contributed by atoms with Gasteiger partial charge in [0.05, 0.1) is 62.0 Å². The largest absolute Gasteiger partial charge is 0.475 e. The van der Waals surface area contributed by atoms with Crippen molar-refractivity contribution < 1.29 is 50.3 Å². The van der Waals surface area contributed by atoms with Crippen molar-refractivity contribution in [2.75, 3.05) is 26.4 Å². The van der Waals surface area contributed by atoms with E-state index in [9.17, 15) is 18.1 Å². The van der Waals surface area contributed by atoms with Gasteiger partial charge >= 0.3 is 13.8 Å². The Morgan fingerprint density at radius 1 is 1.05 bits per heavy atom. The quantitative estimate of drug-likeness (QED) is 0.0365. The van der Waals surface area contributed by atoms with Crippen molar-refractivity contribution in [3.05, 3.63) is 162 Å². The lowest BCUT2D eigenvalue weighted by Gasteiger charge is -2.40. The number of nitriles is 1. The van der Waals surface area contributed by atoms with Crippen molar-refractivity contribution >= 4 is 31.6 Å². The molecule has 5 rings (SSSR count). The number of esters is 1. The van der Waals surface area contributed by atoms with Crippen molar-refractivity contribution in [2.45, 2.75) is 42.5 Å². The van der Waals surface area contributed by atoms with Crippen LogP contribution in [0.4, 0.5) is 13.2 Å². The summed E-state index contributed by atoms with van der Waals surface area (Å²) in [5, 5.41) is 12.0. The topological polar surface area (TPSA) is 144 Å². The van der Waals surface area contributed by atoms with Crippen LogP contribution in [0.5, 0.6) is 0 Å². The lowest BCUT2D eigenvalue weighted by Crippen LogP contribution is -2.47. The Balaban J connectivity index is 1.38. The number of phosphoric acid groups is 1. The van der Waals surface area contributed by atoms with Gasteiger partial charge in [-0.25, -0.2) is 32.2 Å². The maximum Gasteiger partial charge on any atom is 0.475 e. The van der Waals surface area contributed by atoms with Crippen molar-refractivity contribution in [2.24, 2.45) is 0 Å². The fourth-order valence-electron chi connectivity index (χ4n) is 5.74. The molecule has 4 aromatic rings. The van der Waals surface area contributed by atoms with Crippen LogP contribution in [0.3, 0.4) is 0 Å². The molecule has 1 aliphatic rings. The summed E-state index contributed by atoms with van der Waals surface area (Å²) in [6, 6.07) is 15.3. The van der Waals surface area contributed by atoms with Crippen LogP contribution in [0.2, 0.25) is 0 Å². The molecule has 0 amide bonds. The van der Waals surface area contributed by atoms with Crippen LogP contribution in [0.15, 0.2) is 117 Å². The van der Waals surface area contributed by atoms with Gasteiger partial charge in [-0.05, 0) is 48.9 Å². The zero-order chi connectivity index (χ0) is 41.5. The first-order chi connectivity index (χ1) is 28.0. The van der Waals surface area contributed by atoms with E-state index in [1.807, 2.05) is 6.07 Å². The number of hydrogen-bond donors (Lipinski definition) is 0. The minimum atomic E-state index is -4.13. The van der Waals surface area contributed by atoms with Gasteiger partial charge in [-0.1, -0.05) is 54.6 Å². The Hall–Kier alpha value is -5.11. The van der Waals surface area contributed by atoms with E-state index >= 15 is 4.39 Å². The molecule has 0 radical (unpaired) electrons. The fourth-order valence-corrected chi connectivity index (χ4v) is 8.20. The van der Waals surface area contributed by atoms with Gasteiger partial charge in [0.25, 0.3) is 0 Å². The molecule has 2 atom stereocenters. The molecule has 0 spiro atoms. The molecule has 1 fully saturated rings. The molecule has 1 aromatic heterocycles. The summed E-state index contributed by atoms with van der Waals surface area (Å²) >= 11 is 1.30. The van der Waals surface area contributed by atoms with E-state index in [1.54, 1.807) is 49.4 Å². The summed E-state index contributed by atoms with van der Waals surface area (Å²) in [6.45, 7) is 8.26. The smallest absolute Gasteiger partial charge is 0.447 e. The predicted octanol–water partition coefficient (Wildman–Crippen LogP) is 8.48. The normalized spacial score (nSPS) is 17.4. The highest BCUT2D eigenvalue weighted by molar-refractivity contribution is 8.00. The third-order valence-corrected chi connectivity index (χ3v) is 11.4. The molecule has 58 heavy (non-hydrogen) atoms. The van der Waals surface area contributed by atoms with Gasteiger partial charge in [-0.15, -0.1) is 24.9 Å². The molecule has 1 aliphatic heterocycles. The second kappa shape index (κ2) is 21.1. The second-order valence-electron chi connectivity index (χ2n) is 12.6. The Bertz CT molecular complexity index is 2180. The number of phosphoric ester groups is 1. The molecule has 304 valence electrons. The van der Waals surface area contributed by atoms with E-state index in [2.05, 4.69) is 23.2 Å². The van der Waals surface area contributed by atoms with Gasteiger partial charge in [0.15, 0.2) is 11.9 Å². The highest BCUT2D eigenvalue weighted by Crippen LogP contribution is 2.50. The summed E-state index contributed by atoms with van der Waals surface area (Å²) < 4.78 is 93.6. The number of aromatic nitrogens is 3. The zero-order valence-electron chi connectivity index (χ0n) is 31.3. The Kier molecular flexibility index (Phi) is 16.0. The highest BCUT2D eigenvalue weighted by atomic mass is 32.2. The van der Waals surface area contributed by atoms with E-state index < -0.39 is 55.0 Å². The lowest BCUT2D eigenvalue weighted by molar-refractivity contribution is -0.146. The number of halogens is 3. The van der Waals surface area contributed by atoms with E-state index in [4.69, 9.17) is 33.0 Å². The van der Waals surface area contributed by atoms with Gasteiger partial charge < -0.3 is 14.2 Å². The predicted molar refractivity (Wildman–Crippen MR) is 210 cm³/mol. The lowest BCUT2D eigenvalue weighted by atomic mass is 9.89. The molecule has 0 saturated carbocycles. The summed E-state index contributed by atoms with van der Waals surface area (Å²) in [5.74, 6) is -3.23. The summed E-state index contributed by atoms with van der Waals surface area (Å²) in [6.07, 6.45) is 11.1. The molecular weight excluding hydrogens is 797 g/mol. The SMILES string of the molecule is C=CCOP(=O)(OCC=C)OCc1ccccc1C(=O)O[C@@](Cn1cncn1)(c1ccc(F)cc1F)[C@@H](C)S[C@H]1CO[C@H](C=CC=Cc2ccc(C#N)cc2F)OC1. The van der Waals surface area contributed by atoms with Gasteiger partial charge in [-0.2, -0.15) is 10.4 Å². The highest BCUT2D eigenvalue weighted by Gasteiger charge is 2.47. The summed E-state index contributed by atoms with van der Waals surface area (Å²) in [4.78, 5) is 18.4. The van der Waals surface area contributed by atoms with E-state index in [-0.39, 0.29) is 60.5 Å². The van der Waals surface area contributed by atoms with Crippen LogP contribution in [-0.4, -0.2) is 64.0 Å². The van der Waals surface area contributed by atoms with Gasteiger partial charge in [-0.3, -0.25) is 13.6 Å². The number of nitrogens with zero attached hydrogens (tertiary/aromatic N) is 4. The molecule has 0 unspecified atom stereocenters. The van der Waals surface area contributed by atoms with E-state index in [0.717, 1.165) is 12.1 Å². The Morgan fingerprint density at radius 2 is 1.79 bits per heavy atom. The average Bonchev–Trinajstić information content (AvgIpc) is 3.74. The number of rotatable bonds is 20. The van der Waals surface area contributed by atoms with E-state index in [0.29, 0.717) is 11.6 Å². The van der Waals surface area contributed by atoms with Crippen LogP contribution < -0.4 is 0 Å². The van der Waals surface area contributed by atoms with Crippen molar-refractivity contribution in [1.29, 1.82) is 5.26 Å². The molecule has 0 bridgehead atoms. The average molecular weight is 837 g/mol. The van der Waals surface area contributed by atoms with Gasteiger partial charge in [0.2, 0.25) is 0 Å². The first kappa shape index (κ1) is 44.0. The van der Waals surface area contributed by atoms with Crippen molar-refractivity contribution in [3.63, 3.8) is 0 Å².